The summed E-state index contributed by atoms with van der Waals surface area (Å²) in [4.78, 5) is 0. The lowest BCUT2D eigenvalue weighted by Gasteiger charge is -2.16. The Balaban J connectivity index is 2.04. The van der Waals surface area contributed by atoms with E-state index in [1.807, 2.05) is 24.3 Å². The molecule has 19 heavy (non-hydrogen) atoms. The Morgan fingerprint density at radius 3 is 2.58 bits per heavy atom. The first-order chi connectivity index (χ1) is 9.06. The standard InChI is InChI=1S/C15H14Br2FN/c1-10(14-4-2-3-5-15(14)17)19-9-11-6-12(16)8-13(18)7-11/h2-8,10,19H,9H2,1H3/t10-/m1/s1. The number of rotatable bonds is 4. The normalized spacial score (nSPS) is 12.4. The molecule has 0 fully saturated rings. The Morgan fingerprint density at radius 1 is 1.16 bits per heavy atom. The van der Waals surface area contributed by atoms with E-state index in [2.05, 4.69) is 50.2 Å². The van der Waals surface area contributed by atoms with Gasteiger partial charge in [0.1, 0.15) is 5.82 Å². The van der Waals surface area contributed by atoms with Gasteiger partial charge in [0.15, 0.2) is 0 Å². The molecule has 1 N–H and O–H groups in total. The second-order valence-electron chi connectivity index (χ2n) is 4.40. The molecule has 0 aromatic heterocycles. The average Bonchev–Trinajstić information content (AvgIpc) is 2.35. The summed E-state index contributed by atoms with van der Waals surface area (Å²) in [7, 11) is 0. The fourth-order valence-corrected chi connectivity index (χ4v) is 3.06. The van der Waals surface area contributed by atoms with E-state index >= 15 is 0 Å². The molecule has 0 spiro atoms. The van der Waals surface area contributed by atoms with Crippen LogP contribution in [-0.2, 0) is 6.54 Å². The highest BCUT2D eigenvalue weighted by atomic mass is 79.9. The predicted octanol–water partition coefficient (Wildman–Crippen LogP) is 5.20. The fourth-order valence-electron chi connectivity index (χ4n) is 1.92. The van der Waals surface area contributed by atoms with Gasteiger partial charge in [0.2, 0.25) is 0 Å². The first-order valence-electron chi connectivity index (χ1n) is 5.99. The molecule has 0 aliphatic rings. The monoisotopic (exact) mass is 385 g/mol. The Labute approximate surface area is 129 Å². The minimum atomic E-state index is -0.222. The quantitative estimate of drug-likeness (QED) is 0.761. The molecule has 100 valence electrons. The molecule has 1 atom stereocenters. The van der Waals surface area contributed by atoms with Crippen molar-refractivity contribution in [2.45, 2.75) is 19.5 Å². The van der Waals surface area contributed by atoms with Crippen molar-refractivity contribution in [3.8, 4) is 0 Å². The summed E-state index contributed by atoms with van der Waals surface area (Å²) in [5.74, 6) is -0.222. The number of halogens is 3. The van der Waals surface area contributed by atoms with Gasteiger partial charge in [0.25, 0.3) is 0 Å². The summed E-state index contributed by atoms with van der Waals surface area (Å²) in [5, 5.41) is 3.39. The van der Waals surface area contributed by atoms with Crippen LogP contribution in [0.2, 0.25) is 0 Å². The minimum Gasteiger partial charge on any atom is -0.306 e. The van der Waals surface area contributed by atoms with E-state index < -0.39 is 0 Å². The second kappa shape index (κ2) is 6.64. The van der Waals surface area contributed by atoms with Gasteiger partial charge in [-0.25, -0.2) is 4.39 Å². The van der Waals surface area contributed by atoms with Crippen LogP contribution in [0.3, 0.4) is 0 Å². The van der Waals surface area contributed by atoms with E-state index in [1.54, 1.807) is 6.07 Å². The van der Waals surface area contributed by atoms with Gasteiger partial charge in [-0.05, 0) is 42.3 Å². The molecule has 2 aromatic carbocycles. The highest BCUT2D eigenvalue weighted by Gasteiger charge is 2.08. The Bertz CT molecular complexity index is 552. The van der Waals surface area contributed by atoms with Crippen LogP contribution < -0.4 is 5.32 Å². The zero-order chi connectivity index (χ0) is 13.8. The summed E-state index contributed by atoms with van der Waals surface area (Å²) in [6, 6.07) is 13.2. The van der Waals surface area contributed by atoms with Crippen LogP contribution in [-0.4, -0.2) is 0 Å². The van der Waals surface area contributed by atoms with Crippen molar-refractivity contribution in [1.29, 1.82) is 0 Å². The third-order valence-corrected chi connectivity index (χ3v) is 4.09. The molecular weight excluding hydrogens is 373 g/mol. The van der Waals surface area contributed by atoms with Gasteiger partial charge >= 0.3 is 0 Å². The molecule has 0 unspecified atom stereocenters. The van der Waals surface area contributed by atoms with Crippen LogP contribution in [0.15, 0.2) is 51.4 Å². The molecule has 0 aliphatic carbocycles. The molecule has 2 rings (SSSR count). The first kappa shape index (κ1) is 14.7. The zero-order valence-corrected chi connectivity index (χ0v) is 13.6. The predicted molar refractivity (Wildman–Crippen MR) is 83.5 cm³/mol. The molecule has 0 amide bonds. The van der Waals surface area contributed by atoms with E-state index in [-0.39, 0.29) is 11.9 Å². The Morgan fingerprint density at radius 2 is 1.89 bits per heavy atom. The number of hydrogen-bond donors (Lipinski definition) is 1. The third kappa shape index (κ3) is 4.13. The molecule has 2 aromatic rings. The lowest BCUT2D eigenvalue weighted by atomic mass is 10.1. The summed E-state index contributed by atoms with van der Waals surface area (Å²) in [6.07, 6.45) is 0. The molecule has 0 aliphatic heterocycles. The molecule has 0 bridgehead atoms. The maximum absolute atomic E-state index is 13.3. The van der Waals surface area contributed by atoms with E-state index in [4.69, 9.17) is 0 Å². The lowest BCUT2D eigenvalue weighted by Crippen LogP contribution is -2.18. The van der Waals surface area contributed by atoms with Gasteiger partial charge in [0.05, 0.1) is 0 Å². The smallest absolute Gasteiger partial charge is 0.124 e. The average molecular weight is 387 g/mol. The number of hydrogen-bond acceptors (Lipinski definition) is 1. The Kier molecular flexibility index (Phi) is 5.13. The van der Waals surface area contributed by atoms with Gasteiger partial charge in [-0.3, -0.25) is 0 Å². The molecule has 4 heteroatoms. The van der Waals surface area contributed by atoms with Crippen LogP contribution in [0.1, 0.15) is 24.1 Å². The maximum Gasteiger partial charge on any atom is 0.124 e. The van der Waals surface area contributed by atoms with Crippen molar-refractivity contribution in [1.82, 2.24) is 5.32 Å². The van der Waals surface area contributed by atoms with Crippen LogP contribution in [0.4, 0.5) is 4.39 Å². The van der Waals surface area contributed by atoms with Gasteiger partial charge in [-0.15, -0.1) is 0 Å². The zero-order valence-electron chi connectivity index (χ0n) is 10.5. The Hall–Kier alpha value is -0.710. The third-order valence-electron chi connectivity index (χ3n) is 2.91. The van der Waals surface area contributed by atoms with Gasteiger partial charge < -0.3 is 5.32 Å². The van der Waals surface area contributed by atoms with Crippen LogP contribution in [0, 0.1) is 5.82 Å². The first-order valence-corrected chi connectivity index (χ1v) is 7.57. The molecule has 0 saturated carbocycles. The molecule has 0 saturated heterocycles. The van der Waals surface area contributed by atoms with Crippen molar-refractivity contribution < 1.29 is 4.39 Å². The summed E-state index contributed by atoms with van der Waals surface area (Å²) >= 11 is 6.84. The van der Waals surface area contributed by atoms with Crippen molar-refractivity contribution in [3.63, 3.8) is 0 Å². The number of nitrogens with one attached hydrogen (secondary N) is 1. The van der Waals surface area contributed by atoms with Crippen molar-refractivity contribution in [2.24, 2.45) is 0 Å². The van der Waals surface area contributed by atoms with Crippen LogP contribution >= 0.6 is 31.9 Å². The van der Waals surface area contributed by atoms with Crippen molar-refractivity contribution in [3.05, 3.63) is 68.4 Å². The van der Waals surface area contributed by atoms with E-state index in [0.29, 0.717) is 6.54 Å². The second-order valence-corrected chi connectivity index (χ2v) is 6.17. The SMILES string of the molecule is C[C@@H](NCc1cc(F)cc(Br)c1)c1ccccc1Br. The van der Waals surface area contributed by atoms with Gasteiger partial charge in [-0.1, -0.05) is 50.1 Å². The van der Waals surface area contributed by atoms with Gasteiger partial charge in [0, 0.05) is 21.5 Å². The van der Waals surface area contributed by atoms with Crippen molar-refractivity contribution in [2.75, 3.05) is 0 Å². The lowest BCUT2D eigenvalue weighted by molar-refractivity contribution is 0.567. The largest absolute Gasteiger partial charge is 0.306 e. The molecular formula is C15H14Br2FN. The van der Waals surface area contributed by atoms with E-state index in [9.17, 15) is 4.39 Å². The molecule has 1 nitrogen and oxygen atoms in total. The summed E-state index contributed by atoms with van der Waals surface area (Å²) in [6.45, 7) is 2.72. The topological polar surface area (TPSA) is 12.0 Å². The van der Waals surface area contributed by atoms with Crippen LogP contribution in [0.25, 0.3) is 0 Å². The summed E-state index contributed by atoms with van der Waals surface area (Å²) in [5.41, 5.74) is 2.11. The highest BCUT2D eigenvalue weighted by Crippen LogP contribution is 2.23. The van der Waals surface area contributed by atoms with Gasteiger partial charge in [-0.2, -0.15) is 0 Å². The highest BCUT2D eigenvalue weighted by molar-refractivity contribution is 9.10. The number of benzene rings is 2. The van der Waals surface area contributed by atoms with E-state index in [0.717, 1.165) is 14.5 Å². The maximum atomic E-state index is 13.3. The summed E-state index contributed by atoms with van der Waals surface area (Å²) < 4.78 is 15.1. The fraction of sp³-hybridized carbons (Fsp3) is 0.200. The minimum absolute atomic E-state index is 0.192. The van der Waals surface area contributed by atoms with Crippen molar-refractivity contribution >= 4 is 31.9 Å². The molecule has 0 heterocycles. The molecule has 0 radical (unpaired) electrons. The van der Waals surface area contributed by atoms with Crippen LogP contribution in [0.5, 0.6) is 0 Å². The van der Waals surface area contributed by atoms with E-state index in [1.165, 1.54) is 11.6 Å².